The second-order valence-electron chi connectivity index (χ2n) is 5.74. The Morgan fingerprint density at radius 1 is 1.17 bits per heavy atom. The molecule has 1 fully saturated rings. The Hall–Kier alpha value is -2.52. The van der Waals surface area contributed by atoms with Crippen LogP contribution in [-0.4, -0.2) is 48.7 Å². The number of aromatic nitrogens is 1. The van der Waals surface area contributed by atoms with Crippen molar-refractivity contribution >= 4 is 22.7 Å². The molecular weight excluding hydrogens is 294 g/mol. The minimum Gasteiger partial charge on any atom is -0.483 e. The van der Waals surface area contributed by atoms with E-state index in [1.54, 1.807) is 4.90 Å². The third kappa shape index (κ3) is 2.64. The highest BCUT2D eigenvalue weighted by Crippen LogP contribution is 2.35. The maximum Gasteiger partial charge on any atom is 0.267 e. The molecule has 2 aromatic rings. The van der Waals surface area contributed by atoms with Crippen LogP contribution in [0.2, 0.25) is 0 Å². The van der Waals surface area contributed by atoms with E-state index in [0.29, 0.717) is 23.7 Å². The van der Waals surface area contributed by atoms with Gasteiger partial charge in [0.15, 0.2) is 18.0 Å². The Labute approximate surface area is 134 Å². The van der Waals surface area contributed by atoms with Gasteiger partial charge in [0.1, 0.15) is 11.1 Å². The first-order valence-corrected chi connectivity index (χ1v) is 7.82. The van der Waals surface area contributed by atoms with Crippen molar-refractivity contribution in [2.75, 3.05) is 37.7 Å². The van der Waals surface area contributed by atoms with Gasteiger partial charge in [0.05, 0.1) is 13.1 Å². The van der Waals surface area contributed by atoms with Gasteiger partial charge in [0, 0.05) is 0 Å². The lowest BCUT2D eigenvalue weighted by Crippen LogP contribution is -2.34. The number of likely N-dealkylation sites (tertiary alicyclic amines) is 1. The molecule has 0 unspecified atom stereocenters. The lowest BCUT2D eigenvalue weighted by Gasteiger charge is -2.14. The van der Waals surface area contributed by atoms with Crippen LogP contribution in [0.5, 0.6) is 5.75 Å². The van der Waals surface area contributed by atoms with E-state index in [2.05, 4.69) is 21.9 Å². The molecule has 4 rings (SSSR count). The molecule has 0 radical (unpaired) electrons. The summed E-state index contributed by atoms with van der Waals surface area (Å²) in [7, 11) is 0. The number of carbonyl (C=O) groups is 1. The van der Waals surface area contributed by atoms with E-state index in [1.165, 1.54) is 12.8 Å². The molecule has 0 aliphatic carbocycles. The largest absolute Gasteiger partial charge is 0.483 e. The van der Waals surface area contributed by atoms with Gasteiger partial charge in [-0.1, -0.05) is 23.1 Å². The molecule has 0 spiro atoms. The van der Waals surface area contributed by atoms with Crippen LogP contribution in [0, 0.1) is 11.8 Å². The van der Waals surface area contributed by atoms with E-state index in [-0.39, 0.29) is 12.5 Å². The van der Waals surface area contributed by atoms with E-state index in [4.69, 9.17) is 9.26 Å². The van der Waals surface area contributed by atoms with Crippen LogP contribution in [0.1, 0.15) is 12.8 Å². The van der Waals surface area contributed by atoms with Gasteiger partial charge in [-0.3, -0.25) is 14.6 Å². The average Bonchev–Trinajstić information content (AvgIpc) is 3.19. The summed E-state index contributed by atoms with van der Waals surface area (Å²) in [6.07, 6.45) is 2.49. The van der Waals surface area contributed by atoms with Gasteiger partial charge in [-0.2, -0.15) is 0 Å². The van der Waals surface area contributed by atoms with Crippen LogP contribution in [-0.2, 0) is 4.79 Å². The highest BCUT2D eigenvalue weighted by atomic mass is 16.5. The monoisotopic (exact) mass is 311 g/mol. The predicted molar refractivity (Wildman–Crippen MR) is 85.3 cm³/mol. The van der Waals surface area contributed by atoms with Crippen LogP contribution < -0.4 is 9.64 Å². The molecular formula is C17H17N3O3. The van der Waals surface area contributed by atoms with Crippen molar-refractivity contribution < 1.29 is 14.1 Å². The van der Waals surface area contributed by atoms with Crippen molar-refractivity contribution in [1.29, 1.82) is 0 Å². The molecule has 0 N–H and O–H groups in total. The van der Waals surface area contributed by atoms with Gasteiger partial charge in [-0.25, -0.2) is 0 Å². The zero-order valence-corrected chi connectivity index (χ0v) is 12.7. The van der Waals surface area contributed by atoms with Crippen LogP contribution >= 0.6 is 0 Å². The molecule has 0 saturated carbocycles. The maximum atomic E-state index is 12.3. The fourth-order valence-electron chi connectivity index (χ4n) is 2.99. The molecule has 1 amide bonds. The smallest absolute Gasteiger partial charge is 0.267 e. The molecule has 6 heteroatoms. The van der Waals surface area contributed by atoms with Crippen LogP contribution in [0.15, 0.2) is 22.7 Å². The Kier molecular flexibility index (Phi) is 3.64. The second-order valence-corrected chi connectivity index (χ2v) is 5.74. The van der Waals surface area contributed by atoms with Gasteiger partial charge in [-0.15, -0.1) is 0 Å². The summed E-state index contributed by atoms with van der Waals surface area (Å²) in [6, 6.07) is 5.45. The molecule has 23 heavy (non-hydrogen) atoms. The van der Waals surface area contributed by atoms with E-state index < -0.39 is 0 Å². The molecule has 1 aromatic heterocycles. The van der Waals surface area contributed by atoms with Gasteiger partial charge in [-0.05, 0) is 38.1 Å². The van der Waals surface area contributed by atoms with Crippen molar-refractivity contribution in [2.24, 2.45) is 0 Å². The number of amides is 1. The van der Waals surface area contributed by atoms with Crippen molar-refractivity contribution in [3.63, 3.8) is 0 Å². The molecule has 3 heterocycles. The standard InChI is InChI=1S/C17H17N3O3/c21-15-12-22-13-6-5-7-14-16(13)17(18-23-14)20(15)11-4-3-10-19-8-1-2-9-19/h5-7H,1-2,8-12H2. The number of anilines is 1. The maximum absolute atomic E-state index is 12.3. The molecule has 118 valence electrons. The van der Waals surface area contributed by atoms with Crippen LogP contribution in [0.3, 0.4) is 0 Å². The highest BCUT2D eigenvalue weighted by Gasteiger charge is 2.27. The molecule has 1 aromatic carbocycles. The molecule has 0 atom stereocenters. The first-order chi connectivity index (χ1) is 11.3. The minimum atomic E-state index is -0.160. The normalized spacial score (nSPS) is 17.7. The lowest BCUT2D eigenvalue weighted by atomic mass is 10.2. The number of hydrogen-bond donors (Lipinski definition) is 0. The lowest BCUT2D eigenvalue weighted by molar-refractivity contribution is -0.120. The molecule has 0 bridgehead atoms. The van der Waals surface area contributed by atoms with Gasteiger partial charge in [0.2, 0.25) is 0 Å². The highest BCUT2D eigenvalue weighted by molar-refractivity contribution is 6.05. The summed E-state index contributed by atoms with van der Waals surface area (Å²) in [5, 5.41) is 4.78. The summed E-state index contributed by atoms with van der Waals surface area (Å²) >= 11 is 0. The number of carbonyl (C=O) groups excluding carboxylic acids is 1. The Bertz CT molecular complexity index is 796. The number of rotatable bonds is 2. The fourth-order valence-corrected chi connectivity index (χ4v) is 2.99. The SMILES string of the molecule is O=C1COc2cccc3onc(c23)N1CC#CCN1CCCC1. The summed E-state index contributed by atoms with van der Waals surface area (Å²) in [4.78, 5) is 16.2. The third-order valence-electron chi connectivity index (χ3n) is 4.21. The zero-order chi connectivity index (χ0) is 15.6. The van der Waals surface area contributed by atoms with Crippen molar-refractivity contribution in [3.05, 3.63) is 18.2 Å². The first-order valence-electron chi connectivity index (χ1n) is 7.82. The van der Waals surface area contributed by atoms with E-state index >= 15 is 0 Å². The zero-order valence-electron chi connectivity index (χ0n) is 12.7. The topological polar surface area (TPSA) is 58.8 Å². The van der Waals surface area contributed by atoms with E-state index in [1.807, 2.05) is 18.2 Å². The molecule has 2 aliphatic rings. The van der Waals surface area contributed by atoms with Gasteiger partial charge >= 0.3 is 0 Å². The Morgan fingerprint density at radius 3 is 2.87 bits per heavy atom. The number of ether oxygens (including phenoxy) is 1. The number of benzene rings is 1. The summed E-state index contributed by atoms with van der Waals surface area (Å²) in [5.74, 6) is 7.18. The van der Waals surface area contributed by atoms with Crippen molar-refractivity contribution in [1.82, 2.24) is 10.1 Å². The summed E-state index contributed by atoms with van der Waals surface area (Å²) in [5.41, 5.74) is 0.613. The van der Waals surface area contributed by atoms with Gasteiger partial charge in [0.25, 0.3) is 5.91 Å². The van der Waals surface area contributed by atoms with Crippen LogP contribution in [0.25, 0.3) is 11.0 Å². The fraction of sp³-hybridized carbons (Fsp3) is 0.412. The minimum absolute atomic E-state index is 0.0106. The van der Waals surface area contributed by atoms with E-state index in [0.717, 1.165) is 25.0 Å². The van der Waals surface area contributed by atoms with Crippen molar-refractivity contribution in [3.8, 4) is 17.6 Å². The molecule has 6 nitrogen and oxygen atoms in total. The first kappa shape index (κ1) is 14.1. The summed E-state index contributed by atoms with van der Waals surface area (Å²) in [6.45, 7) is 3.27. The average molecular weight is 311 g/mol. The second kappa shape index (κ2) is 5.94. The Balaban J connectivity index is 1.57. The Morgan fingerprint density at radius 2 is 2.00 bits per heavy atom. The van der Waals surface area contributed by atoms with Gasteiger partial charge < -0.3 is 9.26 Å². The summed E-state index contributed by atoms with van der Waals surface area (Å²) < 4.78 is 10.9. The van der Waals surface area contributed by atoms with Crippen LogP contribution in [0.4, 0.5) is 5.82 Å². The van der Waals surface area contributed by atoms with Crippen molar-refractivity contribution in [2.45, 2.75) is 12.8 Å². The molecule has 1 saturated heterocycles. The number of hydrogen-bond acceptors (Lipinski definition) is 5. The number of nitrogens with zero attached hydrogens (tertiary/aromatic N) is 3. The van der Waals surface area contributed by atoms with E-state index in [9.17, 15) is 4.79 Å². The third-order valence-corrected chi connectivity index (χ3v) is 4.21. The predicted octanol–water partition coefficient (Wildman–Crippen LogP) is 1.65. The molecule has 2 aliphatic heterocycles. The quantitative estimate of drug-likeness (QED) is 0.789.